The van der Waals surface area contributed by atoms with Gasteiger partial charge in [0.05, 0.1) is 27.1 Å². The molecule has 3 heteroatoms. The average Bonchev–Trinajstić information content (AvgIpc) is 3.77. The molecule has 11 aromatic rings. The van der Waals surface area contributed by atoms with Gasteiger partial charge in [0.25, 0.3) is 0 Å². The van der Waals surface area contributed by atoms with E-state index in [9.17, 15) is 0 Å². The van der Waals surface area contributed by atoms with Crippen molar-refractivity contribution in [2.75, 3.05) is 4.90 Å². The highest BCUT2D eigenvalue weighted by Crippen LogP contribution is 2.47. The first-order valence-electron chi connectivity index (χ1n) is 18.1. The molecular formula is C50H32N2S. The van der Waals surface area contributed by atoms with Crippen LogP contribution >= 0.6 is 11.3 Å². The van der Waals surface area contributed by atoms with Crippen LogP contribution in [0.4, 0.5) is 17.1 Å². The van der Waals surface area contributed by atoms with Crippen LogP contribution < -0.4 is 4.90 Å². The van der Waals surface area contributed by atoms with E-state index in [1.165, 1.54) is 80.3 Å². The molecule has 0 saturated carbocycles. The van der Waals surface area contributed by atoms with Gasteiger partial charge in [-0.15, -0.1) is 11.3 Å². The molecule has 0 aliphatic heterocycles. The normalized spacial score (nSPS) is 11.8. The van der Waals surface area contributed by atoms with Crippen molar-refractivity contribution in [2.24, 2.45) is 0 Å². The van der Waals surface area contributed by atoms with Crippen molar-refractivity contribution >= 4 is 91.9 Å². The molecule has 0 fully saturated rings. The Labute approximate surface area is 311 Å². The molecule has 0 spiro atoms. The van der Waals surface area contributed by atoms with Crippen LogP contribution in [0.15, 0.2) is 194 Å². The van der Waals surface area contributed by atoms with Crippen LogP contribution in [-0.2, 0) is 0 Å². The molecule has 0 amide bonds. The minimum Gasteiger partial charge on any atom is -0.309 e. The number of aromatic nitrogens is 1. The molecule has 0 N–H and O–H groups in total. The Balaban J connectivity index is 1.20. The largest absolute Gasteiger partial charge is 0.309 e. The fourth-order valence-electron chi connectivity index (χ4n) is 8.37. The maximum Gasteiger partial charge on any atom is 0.0640 e. The number of thiophene rings is 1. The lowest BCUT2D eigenvalue weighted by molar-refractivity contribution is 1.18. The van der Waals surface area contributed by atoms with Gasteiger partial charge < -0.3 is 9.47 Å². The van der Waals surface area contributed by atoms with E-state index in [2.05, 4.69) is 204 Å². The van der Waals surface area contributed by atoms with Crippen LogP contribution in [0, 0.1) is 0 Å². The summed E-state index contributed by atoms with van der Waals surface area (Å²) in [4.78, 5) is 2.49. The Bertz CT molecular complexity index is 3130. The van der Waals surface area contributed by atoms with Crippen molar-refractivity contribution in [3.05, 3.63) is 194 Å². The minimum absolute atomic E-state index is 1.11. The molecule has 0 bridgehead atoms. The van der Waals surface area contributed by atoms with E-state index in [4.69, 9.17) is 0 Å². The van der Waals surface area contributed by atoms with Crippen LogP contribution in [0.1, 0.15) is 0 Å². The summed E-state index contributed by atoms with van der Waals surface area (Å²) in [5, 5.41) is 10.0. The molecule has 2 heterocycles. The van der Waals surface area contributed by atoms with Crippen LogP contribution in [0.3, 0.4) is 0 Å². The van der Waals surface area contributed by atoms with E-state index in [0.29, 0.717) is 0 Å². The zero-order valence-corrected chi connectivity index (χ0v) is 29.6. The smallest absolute Gasteiger partial charge is 0.0640 e. The number of nitrogens with zero attached hydrogens (tertiary/aromatic N) is 2. The Hall–Kier alpha value is -6.68. The predicted octanol–water partition coefficient (Wildman–Crippen LogP) is 14.6. The Morgan fingerprint density at radius 2 is 0.981 bits per heavy atom. The SMILES string of the molecule is c1ccc2c(-c3ccc(N(c4cc(-n5c6ccccc6c6ccccc65)cc5ccccc45)c4cccc5c4sc4ccccc45)cc3)cccc2c1. The molecule has 9 aromatic carbocycles. The zero-order chi connectivity index (χ0) is 34.9. The molecule has 0 aliphatic rings. The summed E-state index contributed by atoms with van der Waals surface area (Å²) in [5.41, 5.74) is 9.41. The third kappa shape index (κ3) is 4.71. The lowest BCUT2D eigenvalue weighted by Crippen LogP contribution is -2.11. The fourth-order valence-corrected chi connectivity index (χ4v) is 9.58. The van der Waals surface area contributed by atoms with Crippen LogP contribution in [0.2, 0.25) is 0 Å². The van der Waals surface area contributed by atoms with Gasteiger partial charge in [-0.1, -0.05) is 146 Å². The first-order valence-corrected chi connectivity index (χ1v) is 18.9. The van der Waals surface area contributed by atoms with Gasteiger partial charge in [0, 0.05) is 43.0 Å². The Kier molecular flexibility index (Phi) is 6.76. The fraction of sp³-hybridized carbons (Fsp3) is 0. The van der Waals surface area contributed by atoms with Gasteiger partial charge in [-0.05, 0) is 75.8 Å². The van der Waals surface area contributed by atoms with Gasteiger partial charge >= 0.3 is 0 Å². The van der Waals surface area contributed by atoms with Crippen molar-refractivity contribution < 1.29 is 0 Å². The molecule has 11 rings (SSSR count). The molecular weight excluding hydrogens is 661 g/mol. The summed E-state index contributed by atoms with van der Waals surface area (Å²) >= 11 is 1.87. The van der Waals surface area contributed by atoms with E-state index < -0.39 is 0 Å². The summed E-state index contributed by atoms with van der Waals surface area (Å²) in [6.07, 6.45) is 0. The standard InChI is InChI=1S/C50H32N2S/c1-3-16-38-33(13-1)15-11-21-39(38)34-27-29-36(30-28-34)51(47-25-12-22-44-43-20-7-10-26-49(43)53-50(44)47)48-32-37(31-35-14-2-4-17-40(35)48)52-45-23-8-5-18-41(45)42-19-6-9-24-46(42)52/h1-32H. The highest BCUT2D eigenvalue weighted by molar-refractivity contribution is 7.26. The van der Waals surface area contributed by atoms with Crippen molar-refractivity contribution in [3.8, 4) is 16.8 Å². The van der Waals surface area contributed by atoms with Crippen molar-refractivity contribution in [1.82, 2.24) is 4.57 Å². The van der Waals surface area contributed by atoms with Gasteiger partial charge in [0.15, 0.2) is 0 Å². The van der Waals surface area contributed by atoms with E-state index in [0.717, 1.165) is 17.1 Å². The summed E-state index contributed by atoms with van der Waals surface area (Å²) < 4.78 is 5.01. The van der Waals surface area contributed by atoms with Crippen LogP contribution in [0.5, 0.6) is 0 Å². The number of hydrogen-bond donors (Lipinski definition) is 0. The molecule has 2 nitrogen and oxygen atoms in total. The number of fused-ring (bicyclic) bond motifs is 8. The molecule has 0 radical (unpaired) electrons. The number of para-hydroxylation sites is 2. The minimum atomic E-state index is 1.11. The molecule has 0 atom stereocenters. The van der Waals surface area contributed by atoms with Crippen LogP contribution in [-0.4, -0.2) is 4.57 Å². The topological polar surface area (TPSA) is 8.17 Å². The molecule has 0 unspecified atom stereocenters. The average molecular weight is 693 g/mol. The number of rotatable bonds is 5. The lowest BCUT2D eigenvalue weighted by Gasteiger charge is -2.28. The molecule has 248 valence electrons. The molecule has 2 aromatic heterocycles. The van der Waals surface area contributed by atoms with Gasteiger partial charge in [-0.2, -0.15) is 0 Å². The van der Waals surface area contributed by atoms with E-state index in [1.807, 2.05) is 11.3 Å². The van der Waals surface area contributed by atoms with Crippen molar-refractivity contribution in [3.63, 3.8) is 0 Å². The van der Waals surface area contributed by atoms with Gasteiger partial charge in [0.2, 0.25) is 0 Å². The van der Waals surface area contributed by atoms with E-state index in [1.54, 1.807) is 0 Å². The van der Waals surface area contributed by atoms with E-state index in [-0.39, 0.29) is 0 Å². The molecule has 0 aliphatic carbocycles. The lowest BCUT2D eigenvalue weighted by atomic mass is 9.98. The van der Waals surface area contributed by atoms with E-state index >= 15 is 0 Å². The van der Waals surface area contributed by atoms with Gasteiger partial charge in [-0.25, -0.2) is 0 Å². The molecule has 0 saturated heterocycles. The molecule has 53 heavy (non-hydrogen) atoms. The summed E-state index contributed by atoms with van der Waals surface area (Å²) in [6, 6.07) is 71.0. The number of benzene rings is 9. The Morgan fingerprint density at radius 1 is 0.396 bits per heavy atom. The Morgan fingerprint density at radius 3 is 1.75 bits per heavy atom. The summed E-state index contributed by atoms with van der Waals surface area (Å²) in [7, 11) is 0. The number of hydrogen-bond acceptors (Lipinski definition) is 2. The summed E-state index contributed by atoms with van der Waals surface area (Å²) in [5.74, 6) is 0. The zero-order valence-electron chi connectivity index (χ0n) is 28.8. The first kappa shape index (κ1) is 30.0. The van der Waals surface area contributed by atoms with Gasteiger partial charge in [0.1, 0.15) is 0 Å². The second-order valence-electron chi connectivity index (χ2n) is 13.7. The maximum absolute atomic E-state index is 2.49. The highest BCUT2D eigenvalue weighted by Gasteiger charge is 2.22. The second kappa shape index (κ2) is 11.9. The highest BCUT2D eigenvalue weighted by atomic mass is 32.1. The van der Waals surface area contributed by atoms with Gasteiger partial charge in [-0.3, -0.25) is 0 Å². The monoisotopic (exact) mass is 692 g/mol. The third-order valence-corrected chi connectivity index (χ3v) is 12.0. The second-order valence-corrected chi connectivity index (χ2v) is 14.8. The van der Waals surface area contributed by atoms with Crippen LogP contribution in [0.25, 0.3) is 80.3 Å². The first-order chi connectivity index (χ1) is 26.3. The van der Waals surface area contributed by atoms with Crippen molar-refractivity contribution in [1.29, 1.82) is 0 Å². The maximum atomic E-state index is 2.49. The quantitative estimate of drug-likeness (QED) is 0.174. The summed E-state index contributed by atoms with van der Waals surface area (Å²) in [6.45, 7) is 0. The van der Waals surface area contributed by atoms with Crippen molar-refractivity contribution in [2.45, 2.75) is 0 Å². The predicted molar refractivity (Wildman–Crippen MR) is 229 cm³/mol. The number of anilines is 3. The third-order valence-electron chi connectivity index (χ3n) is 10.8.